The third kappa shape index (κ3) is 15.2. The van der Waals surface area contributed by atoms with Crippen LogP contribution in [0.25, 0.3) is 0 Å². The van der Waals surface area contributed by atoms with Crippen LogP contribution < -0.4 is 46.0 Å². The summed E-state index contributed by atoms with van der Waals surface area (Å²) >= 11 is 0. The maximum atomic E-state index is 11.2. The number of nitrogens with two attached hydrogens (primary N) is 1. The number of rotatable bonds is 2. The quantitative estimate of drug-likeness (QED) is 0.339. The molecule has 152 valence electrons. The molecule has 1 rings (SSSR count). The van der Waals surface area contributed by atoms with E-state index in [1.54, 1.807) is 39.0 Å². The van der Waals surface area contributed by atoms with E-state index in [0.717, 1.165) is 11.8 Å². The minimum atomic E-state index is -0.572. The Morgan fingerprint density at radius 1 is 1.17 bits per heavy atom. The first kappa shape index (κ1) is 31.3. The van der Waals surface area contributed by atoms with Gasteiger partial charge in [-0.05, 0) is 18.2 Å². The topological polar surface area (TPSA) is 164 Å². The molecule has 1 aromatic heterocycles. The van der Waals surface area contributed by atoms with Gasteiger partial charge in [0.1, 0.15) is 18.1 Å². The van der Waals surface area contributed by atoms with Crippen molar-refractivity contribution in [2.24, 2.45) is 11.1 Å². The molecule has 0 spiro atoms. The van der Waals surface area contributed by atoms with Gasteiger partial charge in [0.15, 0.2) is 5.78 Å². The number of allylic oxidation sites excluding steroid dienone is 1. The first-order chi connectivity index (χ1) is 12.7. The van der Waals surface area contributed by atoms with Crippen LogP contribution in [-0.4, -0.2) is 16.7 Å². The number of nitriles is 2. The van der Waals surface area contributed by atoms with E-state index >= 15 is 0 Å². The Morgan fingerprint density at radius 3 is 1.90 bits per heavy atom. The molecule has 1 aromatic rings. The summed E-state index contributed by atoms with van der Waals surface area (Å²) in [5.74, 6) is -0.699. The minimum Gasteiger partial charge on any atom is -0.878 e. The first-order valence-corrected chi connectivity index (χ1v) is 8.32. The van der Waals surface area contributed by atoms with Crippen molar-refractivity contribution in [1.29, 1.82) is 10.5 Å². The molecule has 9 heteroatoms. The molecule has 0 aliphatic carbocycles. The van der Waals surface area contributed by atoms with Crippen LogP contribution in [0.3, 0.4) is 0 Å². The average Bonchev–Trinajstić information content (AvgIpc) is 2.54. The fraction of sp³-hybridized carbons (Fsp3) is 0.450. The van der Waals surface area contributed by atoms with Crippen molar-refractivity contribution in [3.8, 4) is 12.1 Å². The molecule has 0 saturated carbocycles. The maximum Gasteiger partial charge on any atom is 1.00 e. The van der Waals surface area contributed by atoms with Crippen molar-refractivity contribution in [2.45, 2.75) is 53.4 Å². The Hall–Kier alpha value is -2.39. The van der Waals surface area contributed by atoms with Gasteiger partial charge in [0, 0.05) is 16.5 Å². The van der Waals surface area contributed by atoms with Gasteiger partial charge in [-0.1, -0.05) is 41.5 Å². The predicted molar refractivity (Wildman–Crippen MR) is 104 cm³/mol. The number of aromatic amines is 1. The zero-order valence-corrected chi connectivity index (χ0v) is 20.1. The van der Waals surface area contributed by atoms with Gasteiger partial charge >= 0.3 is 29.6 Å². The Labute approximate surface area is 193 Å². The van der Waals surface area contributed by atoms with Crippen LogP contribution in [0.5, 0.6) is 0 Å². The van der Waals surface area contributed by atoms with Crippen molar-refractivity contribution in [3.63, 3.8) is 0 Å². The maximum absolute atomic E-state index is 11.2. The van der Waals surface area contributed by atoms with E-state index in [1.807, 2.05) is 26.8 Å². The molecule has 3 N–H and O–H groups in total. The van der Waals surface area contributed by atoms with Crippen LogP contribution in [0, 0.1) is 28.1 Å². The van der Waals surface area contributed by atoms with Gasteiger partial charge < -0.3 is 15.8 Å². The van der Waals surface area contributed by atoms with E-state index in [4.69, 9.17) is 10.5 Å². The summed E-state index contributed by atoms with van der Waals surface area (Å²) in [6, 6.07) is 6.76. The summed E-state index contributed by atoms with van der Waals surface area (Å²) in [5, 5.41) is 26.0. The molecule has 0 aliphatic heterocycles. The molecule has 0 aliphatic rings. The van der Waals surface area contributed by atoms with Gasteiger partial charge in [-0.3, -0.25) is 14.4 Å². The molecule has 0 bridgehead atoms. The number of H-pyrrole nitrogens is 1. The van der Waals surface area contributed by atoms with Gasteiger partial charge in [-0.15, -0.1) is 6.26 Å². The van der Waals surface area contributed by atoms with Crippen molar-refractivity contribution in [2.75, 3.05) is 0 Å². The summed E-state index contributed by atoms with van der Waals surface area (Å²) in [7, 11) is 0. The second-order valence-corrected chi connectivity index (χ2v) is 7.69. The predicted octanol–water partition coefficient (Wildman–Crippen LogP) is -1.59. The molecule has 0 unspecified atom stereocenters. The fourth-order valence-corrected chi connectivity index (χ4v) is 1.39. The SMILES string of the molecule is CC(C)(C)C(=O)/C=C/[O-].CC(C)(C)c1ccc(C#N)c(=O)[nH]1.N#CCC(N)=O.[Na+]. The first-order valence-electron chi connectivity index (χ1n) is 8.32. The number of carbonyl (C=O) groups excluding carboxylic acids is 2. The summed E-state index contributed by atoms with van der Waals surface area (Å²) in [4.78, 5) is 34.3. The number of ketones is 1. The molecule has 0 fully saturated rings. The largest absolute Gasteiger partial charge is 1.00 e. The third-order valence-electron chi connectivity index (χ3n) is 3.05. The number of nitrogens with one attached hydrogen (secondary N) is 1. The Morgan fingerprint density at radius 2 is 1.69 bits per heavy atom. The second-order valence-electron chi connectivity index (χ2n) is 7.69. The van der Waals surface area contributed by atoms with Gasteiger partial charge in [-0.25, -0.2) is 0 Å². The number of nitrogens with zero attached hydrogens (tertiary/aromatic N) is 2. The van der Waals surface area contributed by atoms with E-state index < -0.39 is 11.3 Å². The molecule has 1 amide bonds. The van der Waals surface area contributed by atoms with Crippen molar-refractivity contribution in [3.05, 3.63) is 46.1 Å². The zero-order chi connectivity index (χ0) is 22.5. The van der Waals surface area contributed by atoms with E-state index in [9.17, 15) is 19.5 Å². The van der Waals surface area contributed by atoms with Gasteiger partial charge in [0.05, 0.1) is 6.07 Å². The number of hydrogen-bond acceptors (Lipinski definition) is 6. The fourth-order valence-electron chi connectivity index (χ4n) is 1.39. The summed E-state index contributed by atoms with van der Waals surface area (Å²) < 4.78 is 0. The van der Waals surface area contributed by atoms with E-state index in [1.165, 1.54) is 0 Å². The molecular weight excluding hydrogens is 383 g/mol. The normalized spacial score (nSPS) is 10.1. The molecule has 1 heterocycles. The molecule has 0 atom stereocenters. The molecular formula is C20H27N4NaO4. The zero-order valence-electron chi connectivity index (χ0n) is 18.1. The minimum absolute atomic E-state index is 0. The number of carbonyl (C=O) groups is 2. The third-order valence-corrected chi connectivity index (χ3v) is 3.05. The van der Waals surface area contributed by atoms with Gasteiger partial charge in [-0.2, -0.15) is 10.5 Å². The number of aromatic nitrogens is 1. The number of pyridine rings is 1. The molecule has 8 nitrogen and oxygen atoms in total. The summed E-state index contributed by atoms with van der Waals surface area (Å²) in [5.41, 5.74) is 4.73. The average molecular weight is 410 g/mol. The standard InChI is InChI=1S/C10H12N2O.C7H12O2.C3H4N2O.Na/c1-10(2,3)8-5-4-7(6-11)9(13)12-8;1-7(2,3)6(9)4-5-8;4-2-1-3(5)6;/h4-5H,1-3H3,(H,12,13);4-5,8H,1-3H3;1H2,(H2,5,6);/q;;;+1/p-1/b;5-4+;;. The van der Waals surface area contributed by atoms with Crippen LogP contribution in [0.1, 0.15) is 59.2 Å². The molecule has 29 heavy (non-hydrogen) atoms. The molecule has 0 saturated heterocycles. The van der Waals surface area contributed by atoms with Crippen LogP contribution in [0.2, 0.25) is 0 Å². The van der Waals surface area contributed by atoms with E-state index in [0.29, 0.717) is 6.26 Å². The smallest absolute Gasteiger partial charge is 0.878 e. The van der Waals surface area contributed by atoms with Crippen molar-refractivity contribution in [1.82, 2.24) is 4.98 Å². The molecule has 0 radical (unpaired) electrons. The number of hydrogen-bond donors (Lipinski definition) is 2. The van der Waals surface area contributed by atoms with E-state index in [2.05, 4.69) is 10.7 Å². The number of amides is 1. The van der Waals surface area contributed by atoms with Gasteiger partial charge in [0.2, 0.25) is 5.91 Å². The van der Waals surface area contributed by atoms with Crippen LogP contribution in [-0.2, 0) is 15.0 Å². The van der Waals surface area contributed by atoms with Crippen LogP contribution in [0.15, 0.2) is 29.3 Å². The Bertz CT molecular complexity index is 832. The number of primary amides is 1. The van der Waals surface area contributed by atoms with Crippen molar-refractivity contribution < 1.29 is 44.3 Å². The van der Waals surface area contributed by atoms with Crippen molar-refractivity contribution >= 4 is 11.7 Å². The van der Waals surface area contributed by atoms with Crippen LogP contribution >= 0.6 is 0 Å². The second kappa shape index (κ2) is 14.6. The Balaban J connectivity index is -0.000000372. The van der Waals surface area contributed by atoms with Gasteiger partial charge in [0.25, 0.3) is 5.56 Å². The van der Waals surface area contributed by atoms with Crippen LogP contribution in [0.4, 0.5) is 0 Å². The monoisotopic (exact) mass is 410 g/mol. The summed E-state index contributed by atoms with van der Waals surface area (Å²) in [6.45, 7) is 11.3. The van der Waals surface area contributed by atoms with E-state index in [-0.39, 0.29) is 58.3 Å². The summed E-state index contributed by atoms with van der Waals surface area (Å²) in [6.07, 6.45) is 1.40. The Kier molecular flexibility index (Phi) is 15.7. The molecule has 0 aromatic carbocycles.